The molecule has 0 bridgehead atoms. The number of alkyl halides is 3. The van der Waals surface area contributed by atoms with Gasteiger partial charge >= 0.3 is 12.4 Å². The summed E-state index contributed by atoms with van der Waals surface area (Å²) in [4.78, 5) is 34.2. The van der Waals surface area contributed by atoms with E-state index < -0.39 is 24.1 Å². The lowest BCUT2D eigenvalue weighted by molar-refractivity contribution is -0.274. The van der Waals surface area contributed by atoms with Gasteiger partial charge in [0.25, 0.3) is 5.91 Å². The van der Waals surface area contributed by atoms with E-state index in [-0.39, 0.29) is 48.3 Å². The average Bonchev–Trinajstić information content (AvgIpc) is 3.43. The molecule has 1 unspecified atom stereocenters. The summed E-state index contributed by atoms with van der Waals surface area (Å²) >= 11 is 6.03. The smallest absolute Gasteiger partial charge is 0.425 e. The lowest BCUT2D eigenvalue weighted by atomic mass is 10.2. The summed E-state index contributed by atoms with van der Waals surface area (Å²) in [7, 11) is 1.49. The van der Waals surface area contributed by atoms with Crippen molar-refractivity contribution in [1.29, 1.82) is 0 Å². The van der Waals surface area contributed by atoms with Crippen LogP contribution in [0.25, 0.3) is 0 Å². The largest absolute Gasteiger partial charge is 0.573 e. The minimum absolute atomic E-state index is 0.0218. The van der Waals surface area contributed by atoms with Gasteiger partial charge in [0.1, 0.15) is 18.0 Å². The van der Waals surface area contributed by atoms with E-state index in [9.17, 15) is 27.9 Å². The van der Waals surface area contributed by atoms with Crippen LogP contribution >= 0.6 is 11.6 Å². The highest BCUT2D eigenvalue weighted by molar-refractivity contribution is 6.30. The number of likely N-dealkylation sites (N-methyl/N-ethyl adjacent to an activating group) is 1. The number of carbonyl (C=O) groups is 2. The Morgan fingerprint density at radius 1 is 1.10 bits per heavy atom. The van der Waals surface area contributed by atoms with Crippen molar-refractivity contribution in [1.82, 2.24) is 14.5 Å². The first-order valence-electron chi connectivity index (χ1n) is 12.1. The van der Waals surface area contributed by atoms with E-state index in [1.54, 1.807) is 24.3 Å². The number of carbonyl (C=O) groups excluding carboxylic acids is 2. The predicted molar refractivity (Wildman–Crippen MR) is 134 cm³/mol. The normalized spacial score (nSPS) is 19.7. The second kappa shape index (κ2) is 10.4. The lowest BCUT2D eigenvalue weighted by Gasteiger charge is -2.27. The fourth-order valence-electron chi connectivity index (χ4n) is 4.79. The molecular weight excluding hydrogens is 541 g/mol. The number of benzene rings is 2. The van der Waals surface area contributed by atoms with Gasteiger partial charge in [-0.2, -0.15) is 4.98 Å². The molecular formula is C26H24ClF3N4O5. The molecule has 1 saturated carbocycles. The van der Waals surface area contributed by atoms with E-state index in [0.717, 1.165) is 17.7 Å². The third-order valence-corrected chi connectivity index (χ3v) is 6.95. The van der Waals surface area contributed by atoms with Crippen molar-refractivity contribution in [3.63, 3.8) is 0 Å². The number of aliphatic hydroxyl groups excluding tert-OH is 1. The van der Waals surface area contributed by atoms with Crippen LogP contribution in [-0.4, -0.2) is 63.5 Å². The molecule has 39 heavy (non-hydrogen) atoms. The third kappa shape index (κ3) is 5.81. The molecule has 206 valence electrons. The maximum atomic E-state index is 13.9. The summed E-state index contributed by atoms with van der Waals surface area (Å²) in [6, 6.07) is 11.3. The summed E-state index contributed by atoms with van der Waals surface area (Å²) in [5.74, 6) is -1.31. The van der Waals surface area contributed by atoms with Crippen LogP contribution < -0.4 is 14.4 Å². The average molecular weight is 565 g/mol. The first-order valence-corrected chi connectivity index (χ1v) is 12.5. The van der Waals surface area contributed by atoms with E-state index in [1.165, 1.54) is 33.5 Å². The molecule has 5 rings (SSSR count). The van der Waals surface area contributed by atoms with Gasteiger partial charge < -0.3 is 19.5 Å². The van der Waals surface area contributed by atoms with E-state index in [4.69, 9.17) is 16.3 Å². The fourth-order valence-corrected chi connectivity index (χ4v) is 4.92. The highest BCUT2D eigenvalue weighted by atomic mass is 35.5. The van der Waals surface area contributed by atoms with Crippen LogP contribution in [0.4, 0.5) is 19.0 Å². The topological polar surface area (TPSA) is 97.1 Å². The number of aromatic nitrogens is 2. The minimum atomic E-state index is -4.89. The zero-order valence-electron chi connectivity index (χ0n) is 20.7. The second-order valence-electron chi connectivity index (χ2n) is 9.41. The molecule has 1 aromatic heterocycles. The molecule has 0 radical (unpaired) electrons. The van der Waals surface area contributed by atoms with Gasteiger partial charge in [0.05, 0.1) is 12.6 Å². The molecule has 2 aliphatic rings. The summed E-state index contributed by atoms with van der Waals surface area (Å²) in [5.41, 5.74) is 0.810. The molecule has 2 amide bonds. The van der Waals surface area contributed by atoms with Gasteiger partial charge in [-0.05, 0) is 49.1 Å². The number of aliphatic hydroxyl groups is 1. The second-order valence-corrected chi connectivity index (χ2v) is 9.85. The number of imidazole rings is 1. The number of nitrogens with zero attached hydrogens (tertiary/aromatic N) is 4. The molecule has 1 fully saturated rings. The predicted octanol–water partition coefficient (Wildman–Crippen LogP) is 4.61. The number of anilines is 1. The van der Waals surface area contributed by atoms with Gasteiger partial charge in [-0.1, -0.05) is 29.8 Å². The molecule has 1 aliphatic heterocycles. The first-order chi connectivity index (χ1) is 18.5. The Balaban J connectivity index is 1.58. The van der Waals surface area contributed by atoms with Crippen LogP contribution in [0.5, 0.6) is 17.5 Å². The fraction of sp³-hybridized carbons (Fsp3) is 0.346. The third-order valence-electron chi connectivity index (χ3n) is 6.70. The van der Waals surface area contributed by atoms with Gasteiger partial charge in [-0.25, -0.2) is 0 Å². The molecule has 2 heterocycles. The number of hydrogen-bond acceptors (Lipinski definition) is 6. The minimum Gasteiger partial charge on any atom is -0.425 e. The standard InChI is InChI=1S/C26H24ClF3N4O5/c1-32-21(36)14-33(17-9-10-18(35)11-17)24(37)22-23(32)31-25(34(22)13-15-5-7-16(27)8-6-15)38-19-3-2-4-20(12-19)39-26(28,29)30/h2-8,12,17-18,35H,9-11,13-14H2,1H3/t17?,18-/m1/s1. The van der Waals surface area contributed by atoms with Crippen molar-refractivity contribution in [2.24, 2.45) is 0 Å². The van der Waals surface area contributed by atoms with Crippen LogP contribution in [-0.2, 0) is 11.3 Å². The van der Waals surface area contributed by atoms with Crippen molar-refractivity contribution in [2.45, 2.75) is 44.3 Å². The quantitative estimate of drug-likeness (QED) is 0.470. The Morgan fingerprint density at radius 3 is 2.49 bits per heavy atom. The van der Waals surface area contributed by atoms with E-state index in [2.05, 4.69) is 9.72 Å². The van der Waals surface area contributed by atoms with Gasteiger partial charge in [0.15, 0.2) is 11.5 Å². The maximum Gasteiger partial charge on any atom is 0.573 e. The van der Waals surface area contributed by atoms with E-state index in [1.807, 2.05) is 0 Å². The Hall–Kier alpha value is -3.77. The summed E-state index contributed by atoms with van der Waals surface area (Å²) in [5, 5.41) is 10.6. The number of halogens is 4. The number of ether oxygens (including phenoxy) is 2. The molecule has 0 spiro atoms. The van der Waals surface area contributed by atoms with Gasteiger partial charge in [0, 0.05) is 24.2 Å². The van der Waals surface area contributed by atoms with Crippen LogP contribution in [0.3, 0.4) is 0 Å². The van der Waals surface area contributed by atoms with Crippen molar-refractivity contribution in [3.05, 3.63) is 64.8 Å². The Bertz CT molecular complexity index is 1400. The Labute approximate surface area is 226 Å². The first kappa shape index (κ1) is 26.8. The maximum absolute atomic E-state index is 13.9. The monoisotopic (exact) mass is 564 g/mol. The number of fused-ring (bicyclic) bond motifs is 1. The molecule has 3 aromatic rings. The Kier molecular flexibility index (Phi) is 7.17. The number of hydrogen-bond donors (Lipinski definition) is 1. The van der Waals surface area contributed by atoms with Crippen LogP contribution in [0, 0.1) is 0 Å². The molecule has 2 aromatic carbocycles. The van der Waals surface area contributed by atoms with Crippen molar-refractivity contribution < 1.29 is 37.3 Å². The highest BCUT2D eigenvalue weighted by Crippen LogP contribution is 2.36. The highest BCUT2D eigenvalue weighted by Gasteiger charge is 2.41. The molecule has 13 heteroatoms. The van der Waals surface area contributed by atoms with Crippen LogP contribution in [0.15, 0.2) is 48.5 Å². The van der Waals surface area contributed by atoms with Crippen molar-refractivity contribution >= 4 is 29.2 Å². The van der Waals surface area contributed by atoms with Gasteiger partial charge in [-0.15, -0.1) is 13.2 Å². The summed E-state index contributed by atoms with van der Waals surface area (Å²) < 4.78 is 49.6. The molecule has 2 atom stereocenters. The summed E-state index contributed by atoms with van der Waals surface area (Å²) in [6.45, 7) is -0.0977. The van der Waals surface area contributed by atoms with Crippen molar-refractivity contribution in [3.8, 4) is 17.5 Å². The lowest BCUT2D eigenvalue weighted by Crippen LogP contribution is -2.44. The summed E-state index contributed by atoms with van der Waals surface area (Å²) in [6.07, 6.45) is -4.06. The van der Waals surface area contributed by atoms with E-state index >= 15 is 0 Å². The molecule has 1 N–H and O–H groups in total. The zero-order valence-corrected chi connectivity index (χ0v) is 21.4. The van der Waals surface area contributed by atoms with E-state index in [0.29, 0.717) is 24.3 Å². The SMILES string of the molecule is CN1C(=O)CN(C2CC[C@@H](O)C2)C(=O)c2c1nc(Oc1cccc(OC(F)(F)F)c1)n2Cc1ccc(Cl)cc1. The van der Waals surface area contributed by atoms with Gasteiger partial charge in [0.2, 0.25) is 5.91 Å². The molecule has 0 saturated heterocycles. The molecule has 1 aliphatic carbocycles. The molecule has 9 nitrogen and oxygen atoms in total. The number of rotatable bonds is 6. The van der Waals surface area contributed by atoms with Crippen molar-refractivity contribution in [2.75, 3.05) is 18.5 Å². The van der Waals surface area contributed by atoms with Gasteiger partial charge in [-0.3, -0.25) is 19.1 Å². The number of amides is 2. The Morgan fingerprint density at radius 2 is 1.82 bits per heavy atom. The zero-order chi connectivity index (χ0) is 27.9. The van der Waals surface area contributed by atoms with Crippen LogP contribution in [0.1, 0.15) is 35.3 Å². The van der Waals surface area contributed by atoms with Crippen LogP contribution in [0.2, 0.25) is 5.02 Å².